The summed E-state index contributed by atoms with van der Waals surface area (Å²) in [6.07, 6.45) is 0. The zero-order chi connectivity index (χ0) is 40.4. The first kappa shape index (κ1) is 34.0. The van der Waals surface area contributed by atoms with Crippen LogP contribution in [0.4, 0.5) is 0 Å². The molecule has 1 aromatic heterocycles. The second kappa shape index (κ2) is 12.1. The molecule has 8 N–H and O–H groups in total. The Kier molecular flexibility index (Phi) is 6.97. The van der Waals surface area contributed by atoms with E-state index in [4.69, 9.17) is 4.42 Å². The first-order valence-electron chi connectivity index (χ1n) is 18.7. The number of phenols is 8. The average Bonchev–Trinajstić information content (AvgIpc) is 3.66. The van der Waals surface area contributed by atoms with Gasteiger partial charge in [-0.3, -0.25) is 0 Å². The molecule has 0 radical (unpaired) electrons. The first-order chi connectivity index (χ1) is 28.6. The number of rotatable bonds is 3. The van der Waals surface area contributed by atoms with Gasteiger partial charge in [0.1, 0.15) is 11.2 Å². The van der Waals surface area contributed by atoms with Crippen molar-refractivity contribution in [3.63, 3.8) is 0 Å². The summed E-state index contributed by atoms with van der Waals surface area (Å²) in [6.45, 7) is 0. The molecule has 9 heteroatoms. The van der Waals surface area contributed by atoms with Gasteiger partial charge in [0.05, 0.1) is 0 Å². The maximum Gasteiger partial charge on any atom is 0.204 e. The minimum atomic E-state index is -1.03. The highest BCUT2D eigenvalue weighted by Crippen LogP contribution is 2.62. The minimum Gasteiger partial charge on any atom is -0.504 e. The van der Waals surface area contributed by atoms with Crippen molar-refractivity contribution in [2.45, 2.75) is 0 Å². The van der Waals surface area contributed by atoms with Gasteiger partial charge >= 0.3 is 0 Å². The van der Waals surface area contributed by atoms with E-state index in [1.54, 1.807) is 30.3 Å². The van der Waals surface area contributed by atoms with E-state index in [9.17, 15) is 40.9 Å². The Hall–Kier alpha value is -8.30. The molecule has 0 spiro atoms. The second-order valence-electron chi connectivity index (χ2n) is 14.8. The highest BCUT2D eigenvalue weighted by atomic mass is 16.4. The zero-order valence-corrected chi connectivity index (χ0v) is 30.7. The molecule has 10 aromatic carbocycles. The summed E-state index contributed by atoms with van der Waals surface area (Å²) in [7, 11) is 0. The lowest BCUT2D eigenvalue weighted by molar-refractivity contribution is 0.350. The van der Waals surface area contributed by atoms with Crippen molar-refractivity contribution in [2.24, 2.45) is 0 Å². The van der Waals surface area contributed by atoms with Crippen molar-refractivity contribution in [2.75, 3.05) is 0 Å². The molecule has 0 fully saturated rings. The fourth-order valence-corrected chi connectivity index (χ4v) is 9.02. The van der Waals surface area contributed by atoms with Crippen LogP contribution in [-0.4, -0.2) is 40.9 Å². The molecule has 0 atom stereocenters. The third-order valence-corrected chi connectivity index (χ3v) is 11.7. The van der Waals surface area contributed by atoms with Crippen molar-refractivity contribution < 1.29 is 45.3 Å². The van der Waals surface area contributed by atoms with Gasteiger partial charge in [-0.1, -0.05) is 109 Å². The number of phenolic OH excluding ortho intramolecular Hbond substituents is 8. The Balaban J connectivity index is 1.27. The molecule has 59 heavy (non-hydrogen) atoms. The van der Waals surface area contributed by atoms with Crippen LogP contribution in [0.15, 0.2) is 138 Å². The molecule has 11 aromatic rings. The number of hydrogen-bond donors (Lipinski definition) is 8. The van der Waals surface area contributed by atoms with Crippen LogP contribution in [0.3, 0.4) is 0 Å². The maximum absolute atomic E-state index is 11.9. The van der Waals surface area contributed by atoms with Crippen molar-refractivity contribution in [3.8, 4) is 79.4 Å². The number of hydrogen-bond acceptors (Lipinski definition) is 9. The molecular weight excluding hydrogens is 745 g/mol. The number of benzene rings is 10. The zero-order valence-electron chi connectivity index (χ0n) is 30.7. The molecule has 11 rings (SSSR count). The number of furan rings is 1. The van der Waals surface area contributed by atoms with Crippen LogP contribution in [0.1, 0.15) is 0 Å². The van der Waals surface area contributed by atoms with Crippen LogP contribution in [0.2, 0.25) is 0 Å². The van der Waals surface area contributed by atoms with Crippen LogP contribution in [0.25, 0.3) is 109 Å². The van der Waals surface area contributed by atoms with Gasteiger partial charge in [-0.2, -0.15) is 0 Å². The largest absolute Gasteiger partial charge is 0.504 e. The van der Waals surface area contributed by atoms with E-state index < -0.39 is 46.0 Å². The topological polar surface area (TPSA) is 175 Å². The van der Waals surface area contributed by atoms with Crippen molar-refractivity contribution >= 4 is 75.8 Å². The standard InChI is InChI=1S/C50H30O9/c51-43-39-36(27-16-15-23-7-1-2-9-25(23)21-27)40-42(46(54)50(58)48(56)44(40)52)38(41(39)45(53)49(57)47(43)55)32-14-6-12-30-28(11-5-13-31(30)32)26-18-19-34-33(22-26)37-29-10-4-3-8-24(29)17-20-35(37)59-34/h1-22,51-58H. The molecule has 1 heterocycles. The lowest BCUT2D eigenvalue weighted by Crippen LogP contribution is -1.95. The predicted molar refractivity (Wildman–Crippen MR) is 231 cm³/mol. The second-order valence-corrected chi connectivity index (χ2v) is 14.8. The Morgan fingerprint density at radius 2 is 0.780 bits per heavy atom. The van der Waals surface area contributed by atoms with Crippen LogP contribution < -0.4 is 0 Å². The molecule has 0 aliphatic heterocycles. The molecule has 284 valence electrons. The van der Waals surface area contributed by atoms with E-state index in [0.717, 1.165) is 60.0 Å². The van der Waals surface area contributed by atoms with Gasteiger partial charge in [0, 0.05) is 43.4 Å². The first-order valence-corrected chi connectivity index (χ1v) is 18.7. The monoisotopic (exact) mass is 774 g/mol. The van der Waals surface area contributed by atoms with E-state index in [1.807, 2.05) is 84.9 Å². The fourth-order valence-electron chi connectivity index (χ4n) is 9.02. The third kappa shape index (κ3) is 4.61. The number of fused-ring (bicyclic) bond motifs is 9. The lowest BCUT2D eigenvalue weighted by Gasteiger charge is -2.23. The van der Waals surface area contributed by atoms with E-state index >= 15 is 0 Å². The quantitative estimate of drug-likeness (QED) is 0.0493. The Labute approximate surface area is 333 Å². The van der Waals surface area contributed by atoms with E-state index in [2.05, 4.69) is 18.2 Å². The molecule has 0 aliphatic rings. The van der Waals surface area contributed by atoms with Gasteiger partial charge in [-0.05, 0) is 78.8 Å². The van der Waals surface area contributed by atoms with E-state index in [0.29, 0.717) is 16.5 Å². The summed E-state index contributed by atoms with van der Waals surface area (Å²) in [6, 6.07) is 41.8. The van der Waals surface area contributed by atoms with E-state index in [1.165, 1.54) is 0 Å². The Bertz CT molecular complexity index is 3580. The highest BCUT2D eigenvalue weighted by molar-refractivity contribution is 6.31. The van der Waals surface area contributed by atoms with Gasteiger partial charge in [0.25, 0.3) is 0 Å². The molecule has 0 aliphatic carbocycles. The summed E-state index contributed by atoms with van der Waals surface area (Å²) >= 11 is 0. The van der Waals surface area contributed by atoms with E-state index in [-0.39, 0.29) is 32.7 Å². The van der Waals surface area contributed by atoms with Gasteiger partial charge in [-0.15, -0.1) is 0 Å². The molecule has 0 amide bonds. The highest BCUT2D eigenvalue weighted by Gasteiger charge is 2.33. The van der Waals surface area contributed by atoms with Crippen molar-refractivity contribution in [1.29, 1.82) is 0 Å². The van der Waals surface area contributed by atoms with Crippen molar-refractivity contribution in [3.05, 3.63) is 133 Å². The summed E-state index contributed by atoms with van der Waals surface area (Å²) in [4.78, 5) is 0. The SMILES string of the molecule is Oc1c(O)c(O)c2c(-c3cccc4c(-c5ccc6oc7ccc8ccccc8c7c6c5)cccc34)c3c(O)c(O)c(O)c(O)c3c(-c3ccc4ccccc4c3)c2c1O. The van der Waals surface area contributed by atoms with Gasteiger partial charge in [0.2, 0.25) is 23.0 Å². The number of aromatic hydroxyl groups is 8. The van der Waals surface area contributed by atoms with Crippen LogP contribution in [0.5, 0.6) is 46.0 Å². The summed E-state index contributed by atoms with van der Waals surface area (Å²) in [5, 5.41) is 97.7. The Morgan fingerprint density at radius 3 is 1.44 bits per heavy atom. The predicted octanol–water partition coefficient (Wildman–Crippen LogP) is 12.0. The molecule has 9 nitrogen and oxygen atoms in total. The molecule has 0 bridgehead atoms. The maximum atomic E-state index is 11.9. The smallest absolute Gasteiger partial charge is 0.204 e. The van der Waals surface area contributed by atoms with Crippen LogP contribution >= 0.6 is 0 Å². The average molecular weight is 775 g/mol. The normalized spacial score (nSPS) is 11.9. The summed E-state index contributed by atoms with van der Waals surface area (Å²) in [5.41, 5.74) is 3.84. The molecule has 0 unspecified atom stereocenters. The van der Waals surface area contributed by atoms with Gasteiger partial charge in [0.15, 0.2) is 23.0 Å². The summed E-state index contributed by atoms with van der Waals surface area (Å²) < 4.78 is 6.27. The summed E-state index contributed by atoms with van der Waals surface area (Å²) in [5.74, 6) is -7.43. The minimum absolute atomic E-state index is 0.00945. The lowest BCUT2D eigenvalue weighted by atomic mass is 9.82. The van der Waals surface area contributed by atoms with Crippen LogP contribution in [-0.2, 0) is 0 Å². The van der Waals surface area contributed by atoms with Crippen LogP contribution in [0, 0.1) is 0 Å². The Morgan fingerprint density at radius 1 is 0.288 bits per heavy atom. The molecular formula is C50H30O9. The fraction of sp³-hybridized carbons (Fsp3) is 0. The molecule has 0 saturated carbocycles. The third-order valence-electron chi connectivity index (χ3n) is 11.7. The molecule has 0 saturated heterocycles. The van der Waals surface area contributed by atoms with Gasteiger partial charge in [-0.25, -0.2) is 0 Å². The van der Waals surface area contributed by atoms with Gasteiger partial charge < -0.3 is 45.3 Å². The van der Waals surface area contributed by atoms with Crippen molar-refractivity contribution in [1.82, 2.24) is 0 Å².